The molecule has 2 aliphatic carbocycles. The smallest absolute Gasteiger partial charge is 0.223 e. The Hall–Kier alpha value is -0.530. The van der Waals surface area contributed by atoms with Gasteiger partial charge < -0.3 is 5.32 Å². The van der Waals surface area contributed by atoms with Gasteiger partial charge in [0.2, 0.25) is 5.91 Å². The van der Waals surface area contributed by atoms with E-state index in [1.165, 1.54) is 12.8 Å². The van der Waals surface area contributed by atoms with Crippen LogP contribution in [0.25, 0.3) is 0 Å². The molecule has 11 heavy (non-hydrogen) atoms. The number of nitrogens with one attached hydrogen (secondary N) is 1. The van der Waals surface area contributed by atoms with Crippen molar-refractivity contribution in [3.63, 3.8) is 0 Å². The summed E-state index contributed by atoms with van der Waals surface area (Å²) >= 11 is 0. The molecule has 0 aromatic rings. The summed E-state index contributed by atoms with van der Waals surface area (Å²) in [5, 5.41) is 3.04. The second-order valence-corrected chi connectivity index (χ2v) is 4.06. The molecule has 0 heterocycles. The molecule has 0 unspecified atom stereocenters. The number of carbonyl (C=O) groups excluding carboxylic acids is 1. The molecule has 2 aliphatic rings. The molecule has 0 saturated heterocycles. The average molecular weight is 153 g/mol. The highest BCUT2D eigenvalue weighted by atomic mass is 16.2. The van der Waals surface area contributed by atoms with Crippen molar-refractivity contribution in [2.75, 3.05) is 0 Å². The first-order chi connectivity index (χ1) is 5.25. The molecular formula is C9H15NO. The Balaban J connectivity index is 1.72. The van der Waals surface area contributed by atoms with Crippen LogP contribution in [0.2, 0.25) is 0 Å². The van der Waals surface area contributed by atoms with Crippen molar-refractivity contribution < 1.29 is 4.79 Å². The van der Waals surface area contributed by atoms with Crippen LogP contribution in [0.3, 0.4) is 0 Å². The monoisotopic (exact) mass is 153 g/mol. The Labute approximate surface area is 67.4 Å². The van der Waals surface area contributed by atoms with Crippen molar-refractivity contribution in [2.45, 2.75) is 38.6 Å². The van der Waals surface area contributed by atoms with Gasteiger partial charge in [0.05, 0.1) is 0 Å². The van der Waals surface area contributed by atoms with Gasteiger partial charge in [-0.3, -0.25) is 4.79 Å². The molecule has 0 spiro atoms. The summed E-state index contributed by atoms with van der Waals surface area (Å²) in [6, 6.07) is 0.540. The Bertz CT molecular complexity index is 168. The van der Waals surface area contributed by atoms with E-state index in [2.05, 4.69) is 12.2 Å². The number of carbonyl (C=O) groups is 1. The van der Waals surface area contributed by atoms with Crippen LogP contribution in [0.1, 0.15) is 32.6 Å². The van der Waals surface area contributed by atoms with Crippen molar-refractivity contribution in [3.8, 4) is 0 Å². The number of amides is 1. The van der Waals surface area contributed by atoms with Crippen LogP contribution in [0.4, 0.5) is 0 Å². The van der Waals surface area contributed by atoms with Crippen LogP contribution in [-0.2, 0) is 4.79 Å². The number of rotatable bonds is 2. The Morgan fingerprint density at radius 3 is 2.45 bits per heavy atom. The maximum atomic E-state index is 11.3. The molecule has 0 aromatic carbocycles. The molecule has 1 N–H and O–H groups in total. The zero-order valence-corrected chi connectivity index (χ0v) is 6.97. The van der Waals surface area contributed by atoms with Crippen LogP contribution in [0, 0.1) is 11.8 Å². The predicted octanol–water partition coefficient (Wildman–Crippen LogP) is 1.31. The zero-order valence-electron chi connectivity index (χ0n) is 6.97. The van der Waals surface area contributed by atoms with Gasteiger partial charge in [0.15, 0.2) is 0 Å². The summed E-state index contributed by atoms with van der Waals surface area (Å²) in [7, 11) is 0. The summed E-state index contributed by atoms with van der Waals surface area (Å²) < 4.78 is 0. The molecule has 0 atom stereocenters. The van der Waals surface area contributed by atoms with Crippen LogP contribution in [0.15, 0.2) is 0 Å². The quantitative estimate of drug-likeness (QED) is 0.636. The molecule has 2 nitrogen and oxygen atoms in total. The maximum absolute atomic E-state index is 11.3. The molecule has 2 fully saturated rings. The number of hydrogen-bond donors (Lipinski definition) is 1. The molecule has 1 amide bonds. The fourth-order valence-corrected chi connectivity index (χ4v) is 1.66. The summed E-state index contributed by atoms with van der Waals surface area (Å²) in [5.41, 5.74) is 0. The van der Waals surface area contributed by atoms with Gasteiger partial charge >= 0.3 is 0 Å². The largest absolute Gasteiger partial charge is 0.353 e. The molecular weight excluding hydrogens is 138 g/mol. The molecule has 0 aliphatic heterocycles. The van der Waals surface area contributed by atoms with E-state index in [9.17, 15) is 4.79 Å². The SMILES string of the molecule is CC1CC(C(=O)NC2CC2)C1. The van der Waals surface area contributed by atoms with Crippen LogP contribution >= 0.6 is 0 Å². The third-order valence-corrected chi connectivity index (χ3v) is 2.67. The van der Waals surface area contributed by atoms with Crippen molar-refractivity contribution in [3.05, 3.63) is 0 Å². The van der Waals surface area contributed by atoms with E-state index < -0.39 is 0 Å². The molecule has 0 aromatic heterocycles. The van der Waals surface area contributed by atoms with Gasteiger partial charge in [0.25, 0.3) is 0 Å². The highest BCUT2D eigenvalue weighted by molar-refractivity contribution is 5.80. The lowest BCUT2D eigenvalue weighted by Gasteiger charge is -2.31. The fourth-order valence-electron chi connectivity index (χ4n) is 1.66. The maximum Gasteiger partial charge on any atom is 0.223 e. The second-order valence-electron chi connectivity index (χ2n) is 4.06. The minimum absolute atomic E-state index is 0.311. The standard InChI is InChI=1S/C9H15NO/c1-6-4-7(5-6)9(11)10-8-2-3-8/h6-8H,2-5H2,1H3,(H,10,11). The van der Waals surface area contributed by atoms with E-state index >= 15 is 0 Å². The van der Waals surface area contributed by atoms with Crippen molar-refractivity contribution in [1.82, 2.24) is 5.32 Å². The highest BCUT2D eigenvalue weighted by Gasteiger charge is 2.34. The second kappa shape index (κ2) is 2.50. The Morgan fingerprint density at radius 1 is 1.36 bits per heavy atom. The summed E-state index contributed by atoms with van der Waals surface area (Å²) in [4.78, 5) is 11.3. The lowest BCUT2D eigenvalue weighted by Crippen LogP contribution is -2.38. The van der Waals surface area contributed by atoms with Crippen LogP contribution in [-0.4, -0.2) is 11.9 Å². The first-order valence-electron chi connectivity index (χ1n) is 4.56. The topological polar surface area (TPSA) is 29.1 Å². The predicted molar refractivity (Wildman–Crippen MR) is 43.1 cm³/mol. The summed E-state index contributed by atoms with van der Waals surface area (Å²) in [6.45, 7) is 2.21. The van der Waals surface area contributed by atoms with E-state index in [0.717, 1.165) is 18.8 Å². The molecule has 0 bridgehead atoms. The van der Waals surface area contributed by atoms with Gasteiger partial charge in [-0.05, 0) is 31.6 Å². The van der Waals surface area contributed by atoms with E-state index in [1.54, 1.807) is 0 Å². The third-order valence-electron chi connectivity index (χ3n) is 2.67. The minimum atomic E-state index is 0.311. The molecule has 0 radical (unpaired) electrons. The lowest BCUT2D eigenvalue weighted by molar-refractivity contribution is -0.128. The summed E-state index contributed by atoms with van der Waals surface area (Å²) in [6.07, 6.45) is 4.62. The van der Waals surface area contributed by atoms with Crippen LogP contribution in [0.5, 0.6) is 0 Å². The highest BCUT2D eigenvalue weighted by Crippen LogP contribution is 2.33. The average Bonchev–Trinajstić information content (AvgIpc) is 2.64. The molecule has 62 valence electrons. The lowest BCUT2D eigenvalue weighted by atomic mass is 9.76. The van der Waals surface area contributed by atoms with Gasteiger partial charge in [0, 0.05) is 12.0 Å². The Morgan fingerprint density at radius 2 is 2.00 bits per heavy atom. The van der Waals surface area contributed by atoms with E-state index in [0.29, 0.717) is 17.9 Å². The Kier molecular flexibility index (Phi) is 1.63. The van der Waals surface area contributed by atoms with E-state index in [1.807, 2.05) is 0 Å². The first kappa shape index (κ1) is 7.14. The minimum Gasteiger partial charge on any atom is -0.353 e. The van der Waals surface area contributed by atoms with E-state index in [4.69, 9.17) is 0 Å². The van der Waals surface area contributed by atoms with Crippen molar-refractivity contribution >= 4 is 5.91 Å². The third kappa shape index (κ3) is 1.55. The van der Waals surface area contributed by atoms with Crippen molar-refractivity contribution in [2.24, 2.45) is 11.8 Å². The van der Waals surface area contributed by atoms with Gasteiger partial charge in [-0.1, -0.05) is 6.92 Å². The fraction of sp³-hybridized carbons (Fsp3) is 0.889. The molecule has 2 rings (SSSR count). The normalized spacial score (nSPS) is 36.1. The van der Waals surface area contributed by atoms with Crippen molar-refractivity contribution in [1.29, 1.82) is 0 Å². The molecule has 2 heteroatoms. The van der Waals surface area contributed by atoms with Gasteiger partial charge in [-0.15, -0.1) is 0 Å². The number of hydrogen-bond acceptors (Lipinski definition) is 1. The van der Waals surface area contributed by atoms with Crippen LogP contribution < -0.4 is 5.32 Å². The van der Waals surface area contributed by atoms with E-state index in [-0.39, 0.29) is 0 Å². The first-order valence-corrected chi connectivity index (χ1v) is 4.56. The van der Waals surface area contributed by atoms with Gasteiger partial charge in [-0.2, -0.15) is 0 Å². The van der Waals surface area contributed by atoms with Gasteiger partial charge in [0.1, 0.15) is 0 Å². The zero-order chi connectivity index (χ0) is 7.84. The summed E-state index contributed by atoms with van der Waals surface area (Å²) in [5.74, 6) is 1.45. The van der Waals surface area contributed by atoms with Gasteiger partial charge in [-0.25, -0.2) is 0 Å². The molecule has 2 saturated carbocycles.